The molecule has 0 aliphatic rings. The molecule has 0 fully saturated rings. The van der Waals surface area contributed by atoms with E-state index >= 15 is 0 Å². The molecule has 1 unspecified atom stereocenters. The van der Waals surface area contributed by atoms with Gasteiger partial charge >= 0.3 is 5.97 Å². The molecule has 0 radical (unpaired) electrons. The van der Waals surface area contributed by atoms with Crippen molar-refractivity contribution in [2.24, 2.45) is 5.73 Å². The lowest BCUT2D eigenvalue weighted by Crippen LogP contribution is -2.31. The fourth-order valence-corrected chi connectivity index (χ4v) is 1.72. The summed E-state index contributed by atoms with van der Waals surface area (Å²) in [5.74, 6) is -0.212. The zero-order chi connectivity index (χ0) is 12.8. The quantitative estimate of drug-likeness (QED) is 0.744. The van der Waals surface area contributed by atoms with Crippen molar-refractivity contribution < 1.29 is 14.6 Å². The lowest BCUT2D eigenvalue weighted by molar-refractivity contribution is -0.137. The lowest BCUT2D eigenvalue weighted by Gasteiger charge is -2.14. The molecule has 4 N–H and O–H groups in total. The predicted octanol–water partition coefficient (Wildman–Crippen LogP) is 1.67. The van der Waals surface area contributed by atoms with Gasteiger partial charge in [0.25, 0.3) is 0 Å². The second kappa shape index (κ2) is 6.46. The average Bonchev–Trinajstić information content (AvgIpc) is 2.25. The minimum atomic E-state index is -0.902. The molecule has 0 aliphatic heterocycles. The fraction of sp³-hybridized carbons (Fsp3) is 0.364. The van der Waals surface area contributed by atoms with Crippen LogP contribution >= 0.6 is 15.9 Å². The monoisotopic (exact) mass is 302 g/mol. The molecule has 94 valence electrons. The van der Waals surface area contributed by atoms with Gasteiger partial charge in [-0.2, -0.15) is 0 Å². The minimum Gasteiger partial charge on any atom is -0.495 e. The molecule has 0 heterocycles. The zero-order valence-corrected chi connectivity index (χ0v) is 11.0. The van der Waals surface area contributed by atoms with Crippen LogP contribution in [0.1, 0.15) is 6.42 Å². The molecular weight excluding hydrogens is 288 g/mol. The molecule has 0 saturated heterocycles. The Kier molecular flexibility index (Phi) is 5.24. The second-order valence-corrected chi connectivity index (χ2v) is 4.50. The number of nitrogens with two attached hydrogens (primary N) is 1. The molecule has 0 aromatic heterocycles. The Morgan fingerprint density at radius 3 is 2.94 bits per heavy atom. The summed E-state index contributed by atoms with van der Waals surface area (Å²) in [5, 5.41) is 11.7. The number of rotatable bonds is 6. The van der Waals surface area contributed by atoms with Crippen LogP contribution in [0.15, 0.2) is 22.7 Å². The number of methoxy groups -OCH3 is 1. The number of ether oxygens (including phenoxy) is 1. The number of nitrogens with one attached hydrogen (secondary N) is 1. The van der Waals surface area contributed by atoms with E-state index in [4.69, 9.17) is 15.6 Å². The van der Waals surface area contributed by atoms with Gasteiger partial charge in [-0.05, 0) is 18.2 Å². The van der Waals surface area contributed by atoms with Gasteiger partial charge in [0.1, 0.15) is 5.75 Å². The van der Waals surface area contributed by atoms with Gasteiger partial charge in [0.15, 0.2) is 0 Å². The van der Waals surface area contributed by atoms with E-state index in [0.717, 1.165) is 10.2 Å². The number of carboxylic acids is 1. The Balaban J connectivity index is 2.61. The van der Waals surface area contributed by atoms with Crippen LogP contribution < -0.4 is 15.8 Å². The van der Waals surface area contributed by atoms with E-state index in [1.165, 1.54) is 0 Å². The summed E-state index contributed by atoms with van der Waals surface area (Å²) in [5.41, 5.74) is 6.44. The fourth-order valence-electron chi connectivity index (χ4n) is 1.36. The average molecular weight is 303 g/mol. The van der Waals surface area contributed by atoms with Crippen molar-refractivity contribution >= 4 is 27.6 Å². The molecule has 0 bridgehead atoms. The lowest BCUT2D eigenvalue weighted by atomic mass is 10.2. The summed E-state index contributed by atoms with van der Waals surface area (Å²) >= 11 is 3.35. The molecule has 5 nitrogen and oxygen atoms in total. The largest absolute Gasteiger partial charge is 0.495 e. The van der Waals surface area contributed by atoms with Crippen molar-refractivity contribution in [2.75, 3.05) is 19.0 Å². The van der Waals surface area contributed by atoms with Crippen LogP contribution in [0.25, 0.3) is 0 Å². The van der Waals surface area contributed by atoms with E-state index in [1.807, 2.05) is 18.2 Å². The molecule has 1 aromatic carbocycles. The summed E-state index contributed by atoms with van der Waals surface area (Å²) in [6.45, 7) is 0.374. The Labute approximate surface area is 108 Å². The SMILES string of the molecule is COc1ccc(Br)cc1NCC(N)CC(=O)O. The van der Waals surface area contributed by atoms with E-state index in [2.05, 4.69) is 21.2 Å². The van der Waals surface area contributed by atoms with Crippen LogP contribution in [0, 0.1) is 0 Å². The zero-order valence-electron chi connectivity index (χ0n) is 9.44. The topological polar surface area (TPSA) is 84.6 Å². The summed E-state index contributed by atoms with van der Waals surface area (Å²) in [4.78, 5) is 10.5. The third-order valence-electron chi connectivity index (χ3n) is 2.15. The van der Waals surface area contributed by atoms with E-state index in [1.54, 1.807) is 7.11 Å². The molecule has 17 heavy (non-hydrogen) atoms. The smallest absolute Gasteiger partial charge is 0.304 e. The summed E-state index contributed by atoms with van der Waals surface area (Å²) in [6.07, 6.45) is -0.0662. The standard InChI is InChI=1S/C11H15BrN2O3/c1-17-10-3-2-7(12)4-9(10)14-6-8(13)5-11(15)16/h2-4,8,14H,5-6,13H2,1H3,(H,15,16). The maximum Gasteiger partial charge on any atom is 0.304 e. The Morgan fingerprint density at radius 2 is 2.35 bits per heavy atom. The molecule has 6 heteroatoms. The highest BCUT2D eigenvalue weighted by molar-refractivity contribution is 9.10. The number of halogens is 1. The number of benzene rings is 1. The number of carboxylic acid groups (broad SMARTS) is 1. The first-order valence-electron chi connectivity index (χ1n) is 5.07. The number of hydrogen-bond acceptors (Lipinski definition) is 4. The molecule has 0 aliphatic carbocycles. The first-order chi connectivity index (χ1) is 8.02. The van der Waals surface area contributed by atoms with Crippen molar-refractivity contribution in [1.29, 1.82) is 0 Å². The van der Waals surface area contributed by atoms with Crippen LogP contribution in [0.2, 0.25) is 0 Å². The maximum absolute atomic E-state index is 10.5. The molecule has 1 aromatic rings. The van der Waals surface area contributed by atoms with Crippen LogP contribution in [-0.4, -0.2) is 30.8 Å². The van der Waals surface area contributed by atoms with Crippen molar-refractivity contribution in [2.45, 2.75) is 12.5 Å². The Bertz CT molecular complexity index is 398. The second-order valence-electron chi connectivity index (χ2n) is 3.58. The van der Waals surface area contributed by atoms with Crippen LogP contribution in [0.4, 0.5) is 5.69 Å². The molecule has 1 atom stereocenters. The van der Waals surface area contributed by atoms with E-state index in [9.17, 15) is 4.79 Å². The highest BCUT2D eigenvalue weighted by atomic mass is 79.9. The highest BCUT2D eigenvalue weighted by Crippen LogP contribution is 2.27. The molecular formula is C11H15BrN2O3. The van der Waals surface area contributed by atoms with Crippen LogP contribution in [0.5, 0.6) is 5.75 Å². The number of hydrogen-bond donors (Lipinski definition) is 3. The van der Waals surface area contributed by atoms with Crippen molar-refractivity contribution in [3.05, 3.63) is 22.7 Å². The van der Waals surface area contributed by atoms with Crippen LogP contribution in [0.3, 0.4) is 0 Å². The Hall–Kier alpha value is -1.27. The van der Waals surface area contributed by atoms with Gasteiger partial charge in [0, 0.05) is 17.1 Å². The van der Waals surface area contributed by atoms with Crippen molar-refractivity contribution in [1.82, 2.24) is 0 Å². The van der Waals surface area contributed by atoms with Gasteiger partial charge in [0.05, 0.1) is 19.2 Å². The van der Waals surface area contributed by atoms with Gasteiger partial charge in [-0.3, -0.25) is 4.79 Å². The summed E-state index contributed by atoms with van der Waals surface area (Å²) in [7, 11) is 1.57. The highest BCUT2D eigenvalue weighted by Gasteiger charge is 2.09. The first kappa shape index (κ1) is 13.8. The van der Waals surface area contributed by atoms with Gasteiger partial charge in [-0.1, -0.05) is 15.9 Å². The van der Waals surface area contributed by atoms with Crippen LogP contribution in [-0.2, 0) is 4.79 Å². The molecule has 0 spiro atoms. The van der Waals surface area contributed by atoms with E-state index < -0.39 is 12.0 Å². The van der Waals surface area contributed by atoms with Crippen molar-refractivity contribution in [3.8, 4) is 5.75 Å². The number of anilines is 1. The van der Waals surface area contributed by atoms with E-state index in [0.29, 0.717) is 12.3 Å². The Morgan fingerprint density at radius 1 is 1.65 bits per heavy atom. The number of carbonyl (C=O) groups is 1. The van der Waals surface area contributed by atoms with Gasteiger partial charge in [-0.15, -0.1) is 0 Å². The molecule has 0 saturated carbocycles. The first-order valence-corrected chi connectivity index (χ1v) is 5.87. The summed E-state index contributed by atoms with van der Waals surface area (Å²) < 4.78 is 6.08. The van der Waals surface area contributed by atoms with E-state index in [-0.39, 0.29) is 6.42 Å². The minimum absolute atomic E-state index is 0.0662. The van der Waals surface area contributed by atoms with Crippen molar-refractivity contribution in [3.63, 3.8) is 0 Å². The van der Waals surface area contributed by atoms with Gasteiger partial charge in [-0.25, -0.2) is 0 Å². The number of aliphatic carboxylic acids is 1. The normalized spacial score (nSPS) is 11.9. The van der Waals surface area contributed by atoms with Gasteiger partial charge in [0.2, 0.25) is 0 Å². The van der Waals surface area contributed by atoms with Gasteiger partial charge < -0.3 is 20.9 Å². The predicted molar refractivity (Wildman–Crippen MR) is 69.4 cm³/mol. The maximum atomic E-state index is 10.5. The summed E-state index contributed by atoms with van der Waals surface area (Å²) in [6, 6.07) is 5.10. The molecule has 1 rings (SSSR count). The third kappa shape index (κ3) is 4.62. The molecule has 0 amide bonds. The third-order valence-corrected chi connectivity index (χ3v) is 2.65.